The largest absolute Gasteiger partial charge is 0.322 e. The lowest BCUT2D eigenvalue weighted by Gasteiger charge is -2.09. The summed E-state index contributed by atoms with van der Waals surface area (Å²) in [6.07, 6.45) is 8.98. The first-order valence-corrected chi connectivity index (χ1v) is 6.77. The van der Waals surface area contributed by atoms with Crippen molar-refractivity contribution in [3.8, 4) is 0 Å². The first-order chi connectivity index (χ1) is 9.81. The van der Waals surface area contributed by atoms with Crippen LogP contribution in [0, 0.1) is 0 Å². The van der Waals surface area contributed by atoms with E-state index in [1.807, 2.05) is 18.3 Å². The summed E-state index contributed by atoms with van der Waals surface area (Å²) in [5.41, 5.74) is 1.86. The van der Waals surface area contributed by atoms with Gasteiger partial charge in [-0.2, -0.15) is 5.10 Å². The number of halogens is 2. The molecule has 3 heterocycles. The Morgan fingerprint density at radius 2 is 2.14 bits per heavy atom. The Morgan fingerprint density at radius 1 is 1.36 bits per heavy atom. The van der Waals surface area contributed by atoms with Gasteiger partial charge in [0, 0.05) is 18.6 Å². The van der Waals surface area contributed by atoms with Crippen molar-refractivity contribution in [2.45, 2.75) is 25.4 Å². The Balaban J connectivity index is 0.00000121. The summed E-state index contributed by atoms with van der Waals surface area (Å²) in [7, 11) is 0. The summed E-state index contributed by atoms with van der Waals surface area (Å²) < 4.78 is 1.80. The van der Waals surface area contributed by atoms with Gasteiger partial charge in [0.05, 0.1) is 24.5 Å². The number of amides is 1. The maximum Gasteiger partial charge on any atom is 0.241 e. The number of carbonyl (C=O) groups excluding carboxylic acids is 1. The molecule has 2 aromatic rings. The molecule has 22 heavy (non-hydrogen) atoms. The van der Waals surface area contributed by atoms with Crippen LogP contribution in [0.5, 0.6) is 0 Å². The number of pyridine rings is 1. The molecule has 1 fully saturated rings. The number of nitrogens with one attached hydrogen (secondary N) is 2. The van der Waals surface area contributed by atoms with Crippen molar-refractivity contribution in [1.29, 1.82) is 0 Å². The van der Waals surface area contributed by atoms with E-state index in [2.05, 4.69) is 20.7 Å². The second-order valence-corrected chi connectivity index (χ2v) is 4.92. The minimum atomic E-state index is -0.0708. The van der Waals surface area contributed by atoms with Crippen molar-refractivity contribution in [2.75, 3.05) is 11.9 Å². The molecule has 2 N–H and O–H groups in total. The molecular formula is C14H19Cl2N5O. The predicted molar refractivity (Wildman–Crippen MR) is 89.7 cm³/mol. The fraction of sp³-hybridized carbons (Fsp3) is 0.357. The molecule has 0 bridgehead atoms. The summed E-state index contributed by atoms with van der Waals surface area (Å²) >= 11 is 0. The molecule has 8 heteroatoms. The van der Waals surface area contributed by atoms with Crippen molar-refractivity contribution < 1.29 is 4.79 Å². The standard InChI is InChI=1S/C14H17N5O.2ClH/c20-14(13-2-1-5-16-13)18-12-8-17-19(10-12)9-11-3-6-15-7-4-11;;/h3-4,6-8,10,13,16H,1-2,5,9H2,(H,18,20);2*1H. The molecule has 0 radical (unpaired) electrons. The van der Waals surface area contributed by atoms with E-state index in [1.165, 1.54) is 0 Å². The van der Waals surface area contributed by atoms with Crippen LogP contribution >= 0.6 is 24.8 Å². The summed E-state index contributed by atoms with van der Waals surface area (Å²) in [5, 5.41) is 10.3. The third-order valence-electron chi connectivity index (χ3n) is 3.37. The maximum absolute atomic E-state index is 12.0. The van der Waals surface area contributed by atoms with E-state index in [0.29, 0.717) is 6.54 Å². The lowest BCUT2D eigenvalue weighted by atomic mass is 10.2. The zero-order chi connectivity index (χ0) is 13.8. The second-order valence-electron chi connectivity index (χ2n) is 4.92. The van der Waals surface area contributed by atoms with Crippen LogP contribution in [-0.2, 0) is 11.3 Å². The Labute approximate surface area is 141 Å². The molecule has 1 atom stereocenters. The lowest BCUT2D eigenvalue weighted by molar-refractivity contribution is -0.117. The second kappa shape index (κ2) is 8.73. The number of anilines is 1. The number of hydrogen-bond donors (Lipinski definition) is 2. The molecule has 120 valence electrons. The normalized spacial score (nSPS) is 16.5. The monoisotopic (exact) mass is 343 g/mol. The van der Waals surface area contributed by atoms with Crippen LogP contribution in [0.2, 0.25) is 0 Å². The molecular weight excluding hydrogens is 325 g/mol. The van der Waals surface area contributed by atoms with Gasteiger partial charge in [-0.25, -0.2) is 0 Å². The Morgan fingerprint density at radius 3 is 2.82 bits per heavy atom. The zero-order valence-electron chi connectivity index (χ0n) is 11.9. The van der Waals surface area contributed by atoms with Gasteiger partial charge < -0.3 is 10.6 Å². The lowest BCUT2D eigenvalue weighted by Crippen LogP contribution is -2.35. The molecule has 0 saturated carbocycles. The average Bonchev–Trinajstić information content (AvgIpc) is 3.11. The topological polar surface area (TPSA) is 71.8 Å². The van der Waals surface area contributed by atoms with Gasteiger partial charge in [-0.3, -0.25) is 14.5 Å². The fourth-order valence-corrected chi connectivity index (χ4v) is 2.33. The molecule has 0 aromatic carbocycles. The zero-order valence-corrected chi connectivity index (χ0v) is 13.6. The van der Waals surface area contributed by atoms with E-state index in [4.69, 9.17) is 0 Å². The Hall–Kier alpha value is -1.63. The molecule has 2 aromatic heterocycles. The molecule has 1 amide bonds. The molecule has 1 aliphatic rings. The van der Waals surface area contributed by atoms with Gasteiger partial charge in [-0.05, 0) is 37.1 Å². The molecule has 1 saturated heterocycles. The minimum Gasteiger partial charge on any atom is -0.322 e. The van der Waals surface area contributed by atoms with Crippen LogP contribution in [0.3, 0.4) is 0 Å². The molecule has 0 aliphatic carbocycles. The van der Waals surface area contributed by atoms with Crippen molar-refractivity contribution in [2.24, 2.45) is 0 Å². The number of aromatic nitrogens is 3. The SMILES string of the molecule is Cl.Cl.O=C(Nc1cnn(Cc2ccncc2)c1)C1CCCN1. The van der Waals surface area contributed by atoms with Crippen LogP contribution < -0.4 is 10.6 Å². The fourth-order valence-electron chi connectivity index (χ4n) is 2.33. The highest BCUT2D eigenvalue weighted by molar-refractivity contribution is 5.94. The average molecular weight is 344 g/mol. The predicted octanol–water partition coefficient (Wildman–Crippen LogP) is 1.86. The van der Waals surface area contributed by atoms with Gasteiger partial charge in [0.2, 0.25) is 5.91 Å². The molecule has 0 spiro atoms. The Kier molecular flexibility index (Phi) is 7.31. The highest BCUT2D eigenvalue weighted by Gasteiger charge is 2.22. The highest BCUT2D eigenvalue weighted by atomic mass is 35.5. The van der Waals surface area contributed by atoms with E-state index in [1.54, 1.807) is 23.3 Å². The smallest absolute Gasteiger partial charge is 0.241 e. The van der Waals surface area contributed by atoms with E-state index < -0.39 is 0 Å². The van der Waals surface area contributed by atoms with E-state index in [0.717, 1.165) is 30.6 Å². The Bertz CT molecular complexity index is 584. The summed E-state index contributed by atoms with van der Waals surface area (Å²) in [4.78, 5) is 15.9. The van der Waals surface area contributed by atoms with Crippen LogP contribution in [0.4, 0.5) is 5.69 Å². The molecule has 1 aliphatic heterocycles. The van der Waals surface area contributed by atoms with Crippen LogP contribution in [-0.4, -0.2) is 33.3 Å². The quantitative estimate of drug-likeness (QED) is 0.888. The van der Waals surface area contributed by atoms with Crippen LogP contribution in [0.15, 0.2) is 36.9 Å². The van der Waals surface area contributed by atoms with Crippen molar-refractivity contribution >= 4 is 36.4 Å². The first kappa shape index (κ1) is 18.4. The minimum absolute atomic E-state index is 0. The highest BCUT2D eigenvalue weighted by Crippen LogP contribution is 2.11. The van der Waals surface area contributed by atoms with Crippen LogP contribution in [0.25, 0.3) is 0 Å². The number of nitrogens with zero attached hydrogens (tertiary/aromatic N) is 3. The molecule has 6 nitrogen and oxygen atoms in total. The van der Waals surface area contributed by atoms with E-state index in [-0.39, 0.29) is 36.8 Å². The molecule has 3 rings (SSSR count). The summed E-state index contributed by atoms with van der Waals surface area (Å²) in [5.74, 6) is 0.0194. The number of carbonyl (C=O) groups is 1. The van der Waals surface area contributed by atoms with Gasteiger partial charge in [0.1, 0.15) is 0 Å². The van der Waals surface area contributed by atoms with Gasteiger partial charge in [0.15, 0.2) is 0 Å². The van der Waals surface area contributed by atoms with Crippen molar-refractivity contribution in [3.63, 3.8) is 0 Å². The summed E-state index contributed by atoms with van der Waals surface area (Å²) in [6.45, 7) is 1.58. The maximum atomic E-state index is 12.0. The van der Waals surface area contributed by atoms with Gasteiger partial charge in [-0.1, -0.05) is 0 Å². The third-order valence-corrected chi connectivity index (χ3v) is 3.37. The van der Waals surface area contributed by atoms with Crippen LogP contribution in [0.1, 0.15) is 18.4 Å². The summed E-state index contributed by atoms with van der Waals surface area (Å²) in [6, 6.07) is 3.82. The van der Waals surface area contributed by atoms with E-state index >= 15 is 0 Å². The van der Waals surface area contributed by atoms with Gasteiger partial charge in [-0.15, -0.1) is 24.8 Å². The van der Waals surface area contributed by atoms with Gasteiger partial charge >= 0.3 is 0 Å². The van der Waals surface area contributed by atoms with Crippen molar-refractivity contribution in [1.82, 2.24) is 20.1 Å². The number of hydrogen-bond acceptors (Lipinski definition) is 4. The first-order valence-electron chi connectivity index (χ1n) is 6.77. The van der Waals surface area contributed by atoms with Crippen molar-refractivity contribution in [3.05, 3.63) is 42.5 Å². The third kappa shape index (κ3) is 4.69. The number of rotatable bonds is 4. The molecule has 1 unspecified atom stereocenters. The van der Waals surface area contributed by atoms with Gasteiger partial charge in [0.25, 0.3) is 0 Å². The van der Waals surface area contributed by atoms with E-state index in [9.17, 15) is 4.79 Å².